The lowest BCUT2D eigenvalue weighted by atomic mass is 9.73. The van der Waals surface area contributed by atoms with Gasteiger partial charge in [-0.2, -0.15) is 0 Å². The van der Waals surface area contributed by atoms with Crippen LogP contribution in [0, 0.1) is 0 Å². The third-order valence-electron chi connectivity index (χ3n) is 4.37. The van der Waals surface area contributed by atoms with Gasteiger partial charge in [0.1, 0.15) is 5.75 Å². The molecule has 0 saturated heterocycles. The number of carbonyl (C=O) groups excluding carboxylic acids is 2. The van der Waals surface area contributed by atoms with Gasteiger partial charge < -0.3 is 24.4 Å². The topological polar surface area (TPSA) is 102 Å². The lowest BCUT2D eigenvalue weighted by Gasteiger charge is -2.34. The van der Waals surface area contributed by atoms with Crippen LogP contribution >= 0.6 is 0 Å². The monoisotopic (exact) mass is 358 g/mol. The van der Waals surface area contributed by atoms with Gasteiger partial charge in [-0.25, -0.2) is 0 Å². The number of carbonyl (C=O) groups is 2. The molecule has 2 N–H and O–H groups in total. The number of aromatic hydroxyl groups is 2. The number of para-hydroxylation sites is 1. The van der Waals surface area contributed by atoms with Gasteiger partial charge in [-0.3, -0.25) is 9.59 Å². The Bertz CT molecular complexity index is 874. The van der Waals surface area contributed by atoms with E-state index in [1.807, 2.05) is 0 Å². The first kappa shape index (κ1) is 17.6. The van der Waals surface area contributed by atoms with E-state index < -0.39 is 28.9 Å². The molecule has 1 aliphatic heterocycles. The Labute approximate surface area is 149 Å². The average molecular weight is 358 g/mol. The lowest BCUT2D eigenvalue weighted by molar-refractivity contribution is -0.161. The van der Waals surface area contributed by atoms with Crippen molar-refractivity contribution in [3.63, 3.8) is 0 Å². The summed E-state index contributed by atoms with van der Waals surface area (Å²) in [6, 6.07) is 9.33. The number of hydrogen-bond donors (Lipinski definition) is 2. The molecule has 136 valence electrons. The molecule has 1 aliphatic rings. The molecule has 0 fully saturated rings. The highest BCUT2D eigenvalue weighted by molar-refractivity contribution is 6.08. The predicted octanol–water partition coefficient (Wildman–Crippen LogP) is 2.07. The Morgan fingerprint density at radius 2 is 2.00 bits per heavy atom. The van der Waals surface area contributed by atoms with Crippen molar-refractivity contribution in [1.82, 2.24) is 0 Å². The first-order valence-corrected chi connectivity index (χ1v) is 8.02. The standard InChI is InChI=1S/C19H18O7/c1-3-25-17(22)19(12-8-13(20)16(21)15(9-12)24-2)10-11-6-4-5-7-14(11)26-18(19)23/h4-9,20-21H,3,10H2,1-2H3. The average Bonchev–Trinajstić information content (AvgIpc) is 2.63. The lowest BCUT2D eigenvalue weighted by Crippen LogP contribution is -2.51. The number of fused-ring (bicyclic) bond motifs is 1. The molecular formula is C19H18O7. The number of phenols is 2. The van der Waals surface area contributed by atoms with Gasteiger partial charge in [0.05, 0.1) is 13.7 Å². The molecule has 1 heterocycles. The van der Waals surface area contributed by atoms with E-state index in [1.54, 1.807) is 31.2 Å². The molecule has 0 aliphatic carbocycles. The van der Waals surface area contributed by atoms with Crippen molar-refractivity contribution in [3.05, 3.63) is 47.5 Å². The van der Waals surface area contributed by atoms with Crippen LogP contribution in [0.1, 0.15) is 18.1 Å². The molecule has 0 bridgehead atoms. The zero-order valence-corrected chi connectivity index (χ0v) is 14.3. The number of rotatable bonds is 4. The highest BCUT2D eigenvalue weighted by Crippen LogP contribution is 2.44. The van der Waals surface area contributed by atoms with E-state index in [0.717, 1.165) is 6.07 Å². The van der Waals surface area contributed by atoms with Crippen molar-refractivity contribution in [1.29, 1.82) is 0 Å². The Balaban J connectivity index is 2.23. The second-order valence-electron chi connectivity index (χ2n) is 5.85. The van der Waals surface area contributed by atoms with Crippen LogP contribution in [0.4, 0.5) is 0 Å². The first-order chi connectivity index (χ1) is 12.4. The molecule has 26 heavy (non-hydrogen) atoms. The summed E-state index contributed by atoms with van der Waals surface area (Å²) in [4.78, 5) is 25.7. The summed E-state index contributed by atoms with van der Waals surface area (Å²) in [6.07, 6.45) is -0.00574. The molecule has 0 spiro atoms. The highest BCUT2D eigenvalue weighted by Gasteiger charge is 2.54. The van der Waals surface area contributed by atoms with Crippen molar-refractivity contribution >= 4 is 11.9 Å². The fraction of sp³-hybridized carbons (Fsp3) is 0.263. The smallest absolute Gasteiger partial charge is 0.333 e. The third kappa shape index (κ3) is 2.61. The molecule has 2 aromatic rings. The Morgan fingerprint density at radius 1 is 1.27 bits per heavy atom. The van der Waals surface area contributed by atoms with E-state index in [9.17, 15) is 19.8 Å². The van der Waals surface area contributed by atoms with Gasteiger partial charge in [0.25, 0.3) is 0 Å². The van der Waals surface area contributed by atoms with Crippen LogP contribution in [0.2, 0.25) is 0 Å². The third-order valence-corrected chi connectivity index (χ3v) is 4.37. The molecule has 0 radical (unpaired) electrons. The van der Waals surface area contributed by atoms with Crippen LogP contribution in [-0.2, 0) is 26.2 Å². The van der Waals surface area contributed by atoms with Gasteiger partial charge in [-0.15, -0.1) is 0 Å². The van der Waals surface area contributed by atoms with Gasteiger partial charge in [0, 0.05) is 6.42 Å². The summed E-state index contributed by atoms with van der Waals surface area (Å²) in [5.74, 6) is -2.33. The predicted molar refractivity (Wildman–Crippen MR) is 90.4 cm³/mol. The van der Waals surface area contributed by atoms with E-state index >= 15 is 0 Å². The quantitative estimate of drug-likeness (QED) is 0.373. The van der Waals surface area contributed by atoms with E-state index in [0.29, 0.717) is 11.3 Å². The molecule has 1 atom stereocenters. The number of benzene rings is 2. The number of methoxy groups -OCH3 is 1. The van der Waals surface area contributed by atoms with Crippen molar-refractivity contribution in [3.8, 4) is 23.0 Å². The van der Waals surface area contributed by atoms with Gasteiger partial charge in [0.15, 0.2) is 16.9 Å². The first-order valence-electron chi connectivity index (χ1n) is 8.02. The minimum Gasteiger partial charge on any atom is -0.504 e. The van der Waals surface area contributed by atoms with Gasteiger partial charge in [-0.1, -0.05) is 18.2 Å². The maximum atomic E-state index is 12.9. The Kier molecular flexibility index (Phi) is 4.46. The van der Waals surface area contributed by atoms with Gasteiger partial charge in [0.2, 0.25) is 5.75 Å². The molecule has 1 unspecified atom stereocenters. The zero-order valence-electron chi connectivity index (χ0n) is 14.3. The summed E-state index contributed by atoms with van der Waals surface area (Å²) in [7, 11) is 1.30. The minimum atomic E-state index is -1.82. The summed E-state index contributed by atoms with van der Waals surface area (Å²) < 4.78 is 15.6. The molecule has 7 nitrogen and oxygen atoms in total. The molecule has 7 heteroatoms. The summed E-state index contributed by atoms with van der Waals surface area (Å²) in [6.45, 7) is 1.69. The van der Waals surface area contributed by atoms with Crippen LogP contribution in [0.25, 0.3) is 0 Å². The van der Waals surface area contributed by atoms with Crippen LogP contribution in [0.15, 0.2) is 36.4 Å². The summed E-state index contributed by atoms with van der Waals surface area (Å²) in [5, 5.41) is 19.9. The molecule has 2 aromatic carbocycles. The van der Waals surface area contributed by atoms with Crippen molar-refractivity contribution in [2.75, 3.05) is 13.7 Å². The Morgan fingerprint density at radius 3 is 2.69 bits per heavy atom. The fourth-order valence-corrected chi connectivity index (χ4v) is 3.04. The van der Waals surface area contributed by atoms with E-state index in [1.165, 1.54) is 13.2 Å². The molecule has 0 amide bonds. The number of ether oxygens (including phenoxy) is 3. The van der Waals surface area contributed by atoms with Crippen LogP contribution in [0.3, 0.4) is 0 Å². The summed E-state index contributed by atoms with van der Waals surface area (Å²) in [5.41, 5.74) is -1.06. The number of hydrogen-bond acceptors (Lipinski definition) is 7. The fourth-order valence-electron chi connectivity index (χ4n) is 3.04. The Hall–Kier alpha value is -3.22. The van der Waals surface area contributed by atoms with Crippen molar-refractivity contribution in [2.24, 2.45) is 0 Å². The normalized spacial score (nSPS) is 18.6. The van der Waals surface area contributed by atoms with E-state index in [2.05, 4.69) is 0 Å². The maximum absolute atomic E-state index is 12.9. The molecule has 0 saturated carbocycles. The van der Waals surface area contributed by atoms with Crippen molar-refractivity contribution in [2.45, 2.75) is 18.8 Å². The molecular weight excluding hydrogens is 340 g/mol. The van der Waals surface area contributed by atoms with E-state index in [4.69, 9.17) is 14.2 Å². The van der Waals surface area contributed by atoms with Crippen LogP contribution < -0.4 is 9.47 Å². The summed E-state index contributed by atoms with van der Waals surface area (Å²) >= 11 is 0. The SMILES string of the molecule is CCOC(=O)C1(c2cc(O)c(O)c(OC)c2)Cc2ccccc2OC1=O. The van der Waals surface area contributed by atoms with E-state index in [-0.39, 0.29) is 24.3 Å². The van der Waals surface area contributed by atoms with Crippen molar-refractivity contribution < 1.29 is 34.0 Å². The number of esters is 2. The zero-order chi connectivity index (χ0) is 18.9. The van der Waals surface area contributed by atoms with Gasteiger partial charge in [-0.05, 0) is 36.2 Å². The number of phenolic OH excluding ortho intramolecular Hbond substituents is 2. The molecule has 0 aromatic heterocycles. The molecule has 3 rings (SSSR count). The highest BCUT2D eigenvalue weighted by atomic mass is 16.6. The second-order valence-corrected chi connectivity index (χ2v) is 5.85. The van der Waals surface area contributed by atoms with Crippen LogP contribution in [0.5, 0.6) is 23.0 Å². The second kappa shape index (κ2) is 6.59. The van der Waals surface area contributed by atoms with Gasteiger partial charge >= 0.3 is 11.9 Å². The minimum absolute atomic E-state index is 0.00574. The van der Waals surface area contributed by atoms with Crippen LogP contribution in [-0.4, -0.2) is 35.9 Å². The maximum Gasteiger partial charge on any atom is 0.333 e. The largest absolute Gasteiger partial charge is 0.504 e.